The minimum absolute atomic E-state index is 0.115. The SMILES string of the molecule is Cc1cc(C)cc(OCc2ccc(C(=O)Nc3c(C#N)cnn3-c3ccccc3)o2)c1. The monoisotopic (exact) mass is 412 g/mol. The van der Waals surface area contributed by atoms with Crippen molar-refractivity contribution in [2.45, 2.75) is 20.5 Å². The molecule has 0 saturated carbocycles. The van der Waals surface area contributed by atoms with Crippen molar-refractivity contribution >= 4 is 11.7 Å². The molecule has 0 aliphatic carbocycles. The van der Waals surface area contributed by atoms with E-state index < -0.39 is 5.91 Å². The number of nitrogens with zero attached hydrogens (tertiary/aromatic N) is 3. The van der Waals surface area contributed by atoms with E-state index in [0.29, 0.717) is 5.76 Å². The number of nitriles is 1. The number of anilines is 1. The lowest BCUT2D eigenvalue weighted by atomic mass is 10.1. The van der Waals surface area contributed by atoms with Crippen LogP contribution in [0.1, 0.15) is 33.0 Å². The smallest absolute Gasteiger partial charge is 0.292 e. The number of aryl methyl sites for hydroxylation is 2. The zero-order chi connectivity index (χ0) is 21.8. The lowest BCUT2D eigenvalue weighted by Gasteiger charge is -2.09. The zero-order valence-corrected chi connectivity index (χ0v) is 17.1. The second kappa shape index (κ2) is 8.59. The summed E-state index contributed by atoms with van der Waals surface area (Å²) in [5.41, 5.74) is 3.19. The molecule has 0 radical (unpaired) electrons. The molecule has 4 aromatic rings. The number of hydrogen-bond acceptors (Lipinski definition) is 5. The Labute approximate surface area is 179 Å². The van der Waals surface area contributed by atoms with E-state index in [-0.39, 0.29) is 23.7 Å². The first-order valence-corrected chi connectivity index (χ1v) is 9.68. The standard InChI is InChI=1S/C24H20N4O3/c1-16-10-17(2)12-21(11-16)30-15-20-8-9-22(31-20)24(29)27-23-18(13-25)14-26-28(23)19-6-4-3-5-7-19/h3-12,14H,15H2,1-2H3,(H,27,29). The van der Waals surface area contributed by atoms with Gasteiger partial charge in [-0.2, -0.15) is 10.4 Å². The topological polar surface area (TPSA) is 93.1 Å². The van der Waals surface area contributed by atoms with Crippen molar-refractivity contribution in [2.24, 2.45) is 0 Å². The molecule has 0 bridgehead atoms. The average Bonchev–Trinajstić information content (AvgIpc) is 3.39. The number of carbonyl (C=O) groups excluding carboxylic acids is 1. The summed E-state index contributed by atoms with van der Waals surface area (Å²) in [5.74, 6) is 1.17. The highest BCUT2D eigenvalue weighted by molar-refractivity contribution is 6.02. The van der Waals surface area contributed by atoms with E-state index in [2.05, 4.69) is 16.5 Å². The number of hydrogen-bond donors (Lipinski definition) is 1. The van der Waals surface area contributed by atoms with Crippen LogP contribution in [0.4, 0.5) is 5.82 Å². The summed E-state index contributed by atoms with van der Waals surface area (Å²) in [6, 6.07) is 20.5. The molecule has 0 spiro atoms. The maximum absolute atomic E-state index is 12.7. The molecule has 0 aliphatic rings. The van der Waals surface area contributed by atoms with Gasteiger partial charge >= 0.3 is 0 Å². The Morgan fingerprint density at radius 3 is 2.58 bits per heavy atom. The van der Waals surface area contributed by atoms with Gasteiger partial charge in [-0.15, -0.1) is 0 Å². The highest BCUT2D eigenvalue weighted by Crippen LogP contribution is 2.22. The van der Waals surface area contributed by atoms with Crippen LogP contribution in [-0.4, -0.2) is 15.7 Å². The summed E-state index contributed by atoms with van der Waals surface area (Å²) in [6.45, 7) is 4.21. The van der Waals surface area contributed by atoms with Gasteiger partial charge in [-0.05, 0) is 61.4 Å². The summed E-state index contributed by atoms with van der Waals surface area (Å²) < 4.78 is 12.9. The Hall–Kier alpha value is -4.31. The molecular formula is C24H20N4O3. The first-order chi connectivity index (χ1) is 15.0. The summed E-state index contributed by atoms with van der Waals surface area (Å²) in [6.07, 6.45) is 1.41. The zero-order valence-electron chi connectivity index (χ0n) is 17.1. The minimum atomic E-state index is -0.480. The van der Waals surface area contributed by atoms with Gasteiger partial charge in [0.15, 0.2) is 11.6 Å². The highest BCUT2D eigenvalue weighted by atomic mass is 16.5. The number of furan rings is 1. The third-order valence-electron chi connectivity index (χ3n) is 4.58. The normalized spacial score (nSPS) is 10.5. The molecule has 0 atom stereocenters. The van der Waals surface area contributed by atoms with Crippen molar-refractivity contribution in [3.8, 4) is 17.5 Å². The van der Waals surface area contributed by atoms with Gasteiger partial charge in [0.2, 0.25) is 0 Å². The van der Waals surface area contributed by atoms with Crippen molar-refractivity contribution in [1.82, 2.24) is 9.78 Å². The maximum Gasteiger partial charge on any atom is 0.292 e. The lowest BCUT2D eigenvalue weighted by Crippen LogP contribution is -2.15. The Morgan fingerprint density at radius 2 is 1.87 bits per heavy atom. The third-order valence-corrected chi connectivity index (χ3v) is 4.58. The van der Waals surface area contributed by atoms with Crippen LogP contribution in [-0.2, 0) is 6.61 Å². The molecule has 2 heterocycles. The first kappa shape index (κ1) is 20.0. The summed E-state index contributed by atoms with van der Waals surface area (Å²) in [7, 11) is 0. The van der Waals surface area contributed by atoms with Crippen molar-refractivity contribution in [3.63, 3.8) is 0 Å². The summed E-state index contributed by atoms with van der Waals surface area (Å²) >= 11 is 0. The fourth-order valence-electron chi connectivity index (χ4n) is 3.23. The van der Waals surface area contributed by atoms with E-state index >= 15 is 0 Å². The average molecular weight is 412 g/mol. The lowest BCUT2D eigenvalue weighted by molar-refractivity contribution is 0.0992. The van der Waals surface area contributed by atoms with Gasteiger partial charge in [-0.3, -0.25) is 4.79 Å². The van der Waals surface area contributed by atoms with Gasteiger partial charge in [0.1, 0.15) is 29.7 Å². The summed E-state index contributed by atoms with van der Waals surface area (Å²) in [4.78, 5) is 12.7. The number of carbonyl (C=O) groups is 1. The fraction of sp³-hybridized carbons (Fsp3) is 0.125. The Morgan fingerprint density at radius 1 is 1.13 bits per heavy atom. The van der Waals surface area contributed by atoms with Gasteiger partial charge in [0.05, 0.1) is 11.9 Å². The Kier molecular flexibility index (Phi) is 5.54. The van der Waals surface area contributed by atoms with E-state index in [0.717, 1.165) is 22.6 Å². The van der Waals surface area contributed by atoms with Crippen LogP contribution in [0.25, 0.3) is 5.69 Å². The molecule has 31 heavy (non-hydrogen) atoms. The van der Waals surface area contributed by atoms with Crippen LogP contribution in [0, 0.1) is 25.2 Å². The largest absolute Gasteiger partial charge is 0.486 e. The van der Waals surface area contributed by atoms with Gasteiger partial charge in [-0.25, -0.2) is 4.68 Å². The second-order valence-electron chi connectivity index (χ2n) is 7.10. The van der Waals surface area contributed by atoms with Crippen molar-refractivity contribution in [1.29, 1.82) is 5.26 Å². The predicted molar refractivity (Wildman–Crippen MR) is 115 cm³/mol. The number of amides is 1. The van der Waals surface area contributed by atoms with E-state index in [1.165, 1.54) is 10.9 Å². The fourth-order valence-corrected chi connectivity index (χ4v) is 3.23. The van der Waals surface area contributed by atoms with E-state index in [1.807, 2.05) is 62.4 Å². The maximum atomic E-state index is 12.7. The molecule has 0 saturated heterocycles. The molecule has 154 valence electrons. The highest BCUT2D eigenvalue weighted by Gasteiger charge is 2.18. The van der Waals surface area contributed by atoms with E-state index in [4.69, 9.17) is 9.15 Å². The summed E-state index contributed by atoms with van der Waals surface area (Å²) in [5, 5.41) is 16.3. The van der Waals surface area contributed by atoms with Gasteiger partial charge in [0, 0.05) is 0 Å². The van der Waals surface area contributed by atoms with Gasteiger partial charge in [-0.1, -0.05) is 24.3 Å². The van der Waals surface area contributed by atoms with Crippen LogP contribution in [0.3, 0.4) is 0 Å². The third kappa shape index (κ3) is 4.49. The molecule has 2 aromatic carbocycles. The quantitative estimate of drug-likeness (QED) is 0.492. The number of ether oxygens (including phenoxy) is 1. The molecule has 7 heteroatoms. The molecule has 0 aliphatic heterocycles. The van der Waals surface area contributed by atoms with Crippen LogP contribution < -0.4 is 10.1 Å². The van der Waals surface area contributed by atoms with Crippen molar-refractivity contribution < 1.29 is 13.9 Å². The number of rotatable bonds is 6. The molecule has 2 aromatic heterocycles. The molecule has 1 amide bonds. The predicted octanol–water partition coefficient (Wildman–Crippen LogP) is 4.79. The van der Waals surface area contributed by atoms with Crippen molar-refractivity contribution in [2.75, 3.05) is 5.32 Å². The molecule has 1 N–H and O–H groups in total. The second-order valence-corrected chi connectivity index (χ2v) is 7.10. The molecule has 0 unspecified atom stereocenters. The minimum Gasteiger partial charge on any atom is -0.486 e. The van der Waals surface area contributed by atoms with E-state index in [1.54, 1.807) is 12.1 Å². The number of nitrogens with one attached hydrogen (secondary N) is 1. The molecule has 7 nitrogen and oxygen atoms in total. The number of benzene rings is 2. The van der Waals surface area contributed by atoms with Crippen LogP contribution in [0.15, 0.2) is 71.3 Å². The first-order valence-electron chi connectivity index (χ1n) is 9.68. The van der Waals surface area contributed by atoms with Crippen LogP contribution in [0.5, 0.6) is 5.75 Å². The van der Waals surface area contributed by atoms with E-state index in [9.17, 15) is 10.1 Å². The van der Waals surface area contributed by atoms with Crippen LogP contribution >= 0.6 is 0 Å². The van der Waals surface area contributed by atoms with Crippen LogP contribution in [0.2, 0.25) is 0 Å². The van der Waals surface area contributed by atoms with Gasteiger partial charge in [0.25, 0.3) is 5.91 Å². The Balaban J connectivity index is 1.49. The molecular weight excluding hydrogens is 392 g/mol. The molecule has 0 fully saturated rings. The number of para-hydroxylation sites is 1. The Bertz CT molecular complexity index is 1250. The molecule has 4 rings (SSSR count). The number of aromatic nitrogens is 2. The van der Waals surface area contributed by atoms with Gasteiger partial charge < -0.3 is 14.5 Å². The van der Waals surface area contributed by atoms with Crippen molar-refractivity contribution in [3.05, 3.63) is 95.1 Å².